The van der Waals surface area contributed by atoms with Gasteiger partial charge in [0.1, 0.15) is 6.10 Å². The molecule has 0 radical (unpaired) electrons. The molecule has 3 aliphatic rings. The lowest BCUT2D eigenvalue weighted by Crippen LogP contribution is -2.37. The fourth-order valence-corrected chi connectivity index (χ4v) is 4.28. The molecule has 1 heterocycles. The first kappa shape index (κ1) is 14.8. The lowest BCUT2D eigenvalue weighted by molar-refractivity contribution is -0.146. The largest absolute Gasteiger partial charge is 0.461 e. The second kappa shape index (κ2) is 5.23. The van der Waals surface area contributed by atoms with Gasteiger partial charge in [-0.25, -0.2) is 0 Å². The van der Waals surface area contributed by atoms with Gasteiger partial charge in [0.15, 0.2) is 0 Å². The quantitative estimate of drug-likeness (QED) is 0.578. The van der Waals surface area contributed by atoms with Gasteiger partial charge >= 0.3 is 5.97 Å². The second-order valence-corrected chi connectivity index (χ2v) is 6.43. The zero-order chi connectivity index (χ0) is 15.3. The molecular formula is C16H22O5. The van der Waals surface area contributed by atoms with E-state index in [2.05, 4.69) is 13.2 Å². The number of fused-ring (bicyclic) bond motifs is 3. The summed E-state index contributed by atoms with van der Waals surface area (Å²) in [6.07, 6.45) is -0.733. The Bertz CT molecular complexity index is 485. The minimum Gasteiger partial charge on any atom is -0.461 e. The number of hydrogen-bond donors (Lipinski definition) is 2. The molecule has 21 heavy (non-hydrogen) atoms. The fourth-order valence-electron chi connectivity index (χ4n) is 4.28. The van der Waals surface area contributed by atoms with E-state index in [1.165, 1.54) is 7.11 Å². The van der Waals surface area contributed by atoms with Gasteiger partial charge in [0.25, 0.3) is 0 Å². The third-order valence-electron chi connectivity index (χ3n) is 5.31. The number of carbonyl (C=O) groups excluding carboxylic acids is 1. The lowest BCUT2D eigenvalue weighted by atomic mass is 9.79. The standard InChI is InChI=1S/C16H22O5/c1-7-4-12(18)14-10(6-20-3)16(19)21-15(14)13-8(2)11(17)5-9(7)13/h9-15,17-18H,1-2,4-6H2,3H3/t9-,10-,11-,12-,13-,14+,15+/m1/s1. The number of rotatable bonds is 2. The van der Waals surface area contributed by atoms with Crippen molar-refractivity contribution in [3.05, 3.63) is 24.3 Å². The SMILES string of the molecule is C=C1[C@H]2[C@@H]3OC(=O)[C@H](COC)[C@H]3[C@H](O)CC(=C)[C@H]2C[C@H]1O. The van der Waals surface area contributed by atoms with Gasteiger partial charge in [0.05, 0.1) is 24.7 Å². The molecule has 2 aliphatic carbocycles. The van der Waals surface area contributed by atoms with Crippen molar-refractivity contribution in [2.75, 3.05) is 13.7 Å². The first-order valence-corrected chi connectivity index (χ1v) is 7.37. The zero-order valence-electron chi connectivity index (χ0n) is 12.2. The molecule has 0 spiro atoms. The Balaban J connectivity index is 1.99. The maximum Gasteiger partial charge on any atom is 0.312 e. The van der Waals surface area contributed by atoms with E-state index in [4.69, 9.17) is 9.47 Å². The van der Waals surface area contributed by atoms with Gasteiger partial charge in [-0.2, -0.15) is 0 Å². The molecule has 0 aromatic heterocycles. The maximum atomic E-state index is 12.1. The van der Waals surface area contributed by atoms with Crippen molar-refractivity contribution in [2.24, 2.45) is 23.7 Å². The van der Waals surface area contributed by atoms with Crippen molar-refractivity contribution in [2.45, 2.75) is 31.2 Å². The van der Waals surface area contributed by atoms with E-state index in [1.807, 2.05) is 0 Å². The summed E-state index contributed by atoms with van der Waals surface area (Å²) in [5.74, 6) is -1.25. The van der Waals surface area contributed by atoms with E-state index in [-0.39, 0.29) is 30.3 Å². The Kier molecular flexibility index (Phi) is 3.67. The minimum absolute atomic E-state index is 0.0197. The topological polar surface area (TPSA) is 76.0 Å². The van der Waals surface area contributed by atoms with Crippen LogP contribution in [-0.4, -0.2) is 48.2 Å². The van der Waals surface area contributed by atoms with Crippen molar-refractivity contribution in [3.63, 3.8) is 0 Å². The highest BCUT2D eigenvalue weighted by Crippen LogP contribution is 2.52. The van der Waals surface area contributed by atoms with Gasteiger partial charge in [-0.15, -0.1) is 0 Å². The number of hydrogen-bond acceptors (Lipinski definition) is 5. The van der Waals surface area contributed by atoms with Crippen LogP contribution in [0.4, 0.5) is 0 Å². The van der Waals surface area contributed by atoms with Gasteiger partial charge < -0.3 is 19.7 Å². The molecule has 116 valence electrons. The third kappa shape index (κ3) is 2.15. The average molecular weight is 294 g/mol. The van der Waals surface area contributed by atoms with Crippen LogP contribution in [0.25, 0.3) is 0 Å². The van der Waals surface area contributed by atoms with Crippen LogP contribution in [0.3, 0.4) is 0 Å². The summed E-state index contributed by atoms with van der Waals surface area (Å²) in [5, 5.41) is 20.6. The highest BCUT2D eigenvalue weighted by Gasteiger charge is 2.57. The van der Waals surface area contributed by atoms with Crippen LogP contribution in [0, 0.1) is 23.7 Å². The van der Waals surface area contributed by atoms with Crippen LogP contribution in [0.15, 0.2) is 24.3 Å². The van der Waals surface area contributed by atoms with Crippen molar-refractivity contribution >= 4 is 5.97 Å². The Hall–Kier alpha value is -1.17. The van der Waals surface area contributed by atoms with Crippen LogP contribution in [-0.2, 0) is 14.3 Å². The van der Waals surface area contributed by atoms with E-state index in [0.29, 0.717) is 18.4 Å². The third-order valence-corrected chi connectivity index (χ3v) is 5.31. The highest BCUT2D eigenvalue weighted by molar-refractivity contribution is 5.76. The number of carbonyl (C=O) groups is 1. The maximum absolute atomic E-state index is 12.1. The first-order chi connectivity index (χ1) is 9.95. The summed E-state index contributed by atoms with van der Waals surface area (Å²) in [6, 6.07) is 0. The van der Waals surface area contributed by atoms with Crippen molar-refractivity contribution in [3.8, 4) is 0 Å². The molecule has 2 saturated carbocycles. The fraction of sp³-hybridized carbons (Fsp3) is 0.688. The van der Waals surface area contributed by atoms with E-state index < -0.39 is 24.2 Å². The summed E-state index contributed by atoms with van der Waals surface area (Å²) in [6.45, 7) is 8.28. The molecule has 0 amide bonds. The minimum atomic E-state index is -0.676. The van der Waals surface area contributed by atoms with Crippen molar-refractivity contribution in [1.82, 2.24) is 0 Å². The Morgan fingerprint density at radius 1 is 1.38 bits per heavy atom. The summed E-state index contributed by atoms with van der Waals surface area (Å²) in [7, 11) is 1.53. The number of aliphatic hydroxyl groups excluding tert-OH is 2. The Morgan fingerprint density at radius 3 is 2.76 bits per heavy atom. The molecule has 0 aromatic carbocycles. The molecular weight excluding hydrogens is 272 g/mol. The molecule has 0 aromatic rings. The van der Waals surface area contributed by atoms with Gasteiger partial charge in [-0.1, -0.05) is 18.7 Å². The molecule has 5 heteroatoms. The van der Waals surface area contributed by atoms with E-state index >= 15 is 0 Å². The van der Waals surface area contributed by atoms with Crippen LogP contribution < -0.4 is 0 Å². The predicted molar refractivity (Wildman–Crippen MR) is 75.2 cm³/mol. The molecule has 2 N–H and O–H groups in total. The number of ether oxygens (including phenoxy) is 2. The summed E-state index contributed by atoms with van der Waals surface area (Å²) < 4.78 is 10.7. The van der Waals surface area contributed by atoms with Crippen molar-refractivity contribution in [1.29, 1.82) is 0 Å². The number of aliphatic hydroxyl groups is 2. The van der Waals surface area contributed by atoms with Gasteiger partial charge in [-0.3, -0.25) is 4.79 Å². The second-order valence-electron chi connectivity index (χ2n) is 6.43. The van der Waals surface area contributed by atoms with E-state index in [1.54, 1.807) is 0 Å². The van der Waals surface area contributed by atoms with Gasteiger partial charge in [0, 0.05) is 18.9 Å². The van der Waals surface area contributed by atoms with Crippen molar-refractivity contribution < 1.29 is 24.5 Å². The molecule has 1 saturated heterocycles. The number of methoxy groups -OCH3 is 1. The van der Waals surface area contributed by atoms with Crippen LogP contribution >= 0.6 is 0 Å². The molecule has 5 nitrogen and oxygen atoms in total. The molecule has 3 fully saturated rings. The molecule has 0 bridgehead atoms. The van der Waals surface area contributed by atoms with Gasteiger partial charge in [-0.05, 0) is 24.3 Å². The molecule has 3 rings (SSSR count). The lowest BCUT2D eigenvalue weighted by Gasteiger charge is -2.28. The van der Waals surface area contributed by atoms with E-state index in [9.17, 15) is 15.0 Å². The highest BCUT2D eigenvalue weighted by atomic mass is 16.6. The molecule has 0 unspecified atom stereocenters. The molecule has 1 aliphatic heterocycles. The Labute approximate surface area is 124 Å². The average Bonchev–Trinajstić information content (AvgIpc) is 2.86. The summed E-state index contributed by atoms with van der Waals surface area (Å²) >= 11 is 0. The summed E-state index contributed by atoms with van der Waals surface area (Å²) in [5.41, 5.74) is 1.60. The van der Waals surface area contributed by atoms with Crippen LogP contribution in [0.1, 0.15) is 12.8 Å². The Morgan fingerprint density at radius 2 is 2.10 bits per heavy atom. The normalized spacial score (nSPS) is 46.0. The van der Waals surface area contributed by atoms with E-state index in [0.717, 1.165) is 5.57 Å². The predicted octanol–water partition coefficient (Wildman–Crippen LogP) is 0.665. The van der Waals surface area contributed by atoms with Gasteiger partial charge in [0.2, 0.25) is 0 Å². The number of esters is 1. The monoisotopic (exact) mass is 294 g/mol. The molecule has 7 atom stereocenters. The van der Waals surface area contributed by atoms with Crippen LogP contribution in [0.5, 0.6) is 0 Å². The first-order valence-electron chi connectivity index (χ1n) is 7.37. The smallest absolute Gasteiger partial charge is 0.312 e. The zero-order valence-corrected chi connectivity index (χ0v) is 12.2. The summed E-state index contributed by atoms with van der Waals surface area (Å²) in [4.78, 5) is 12.1. The van der Waals surface area contributed by atoms with Crippen LogP contribution in [0.2, 0.25) is 0 Å².